The SMILES string of the molecule is OCc1cc(-c2ccc(F)cc2)ccc1F. The number of hydrogen-bond donors (Lipinski definition) is 1. The maximum absolute atomic E-state index is 13.1. The third-order valence-electron chi connectivity index (χ3n) is 2.39. The lowest BCUT2D eigenvalue weighted by atomic mass is 10.0. The molecular formula is C13H10F2O. The van der Waals surface area contributed by atoms with Crippen molar-refractivity contribution in [1.82, 2.24) is 0 Å². The van der Waals surface area contributed by atoms with E-state index in [1.54, 1.807) is 24.3 Å². The van der Waals surface area contributed by atoms with E-state index < -0.39 is 5.82 Å². The van der Waals surface area contributed by atoms with Crippen LogP contribution in [0.4, 0.5) is 8.78 Å². The molecule has 0 spiro atoms. The van der Waals surface area contributed by atoms with E-state index in [2.05, 4.69) is 0 Å². The Bertz CT molecular complexity index is 492. The van der Waals surface area contributed by atoms with Gasteiger partial charge in [-0.25, -0.2) is 8.78 Å². The Morgan fingerprint density at radius 3 is 2.12 bits per heavy atom. The summed E-state index contributed by atoms with van der Waals surface area (Å²) in [6, 6.07) is 10.4. The fraction of sp³-hybridized carbons (Fsp3) is 0.0769. The second kappa shape index (κ2) is 4.41. The Hall–Kier alpha value is -1.74. The quantitative estimate of drug-likeness (QED) is 0.824. The van der Waals surface area contributed by atoms with E-state index in [1.807, 2.05) is 0 Å². The zero-order valence-electron chi connectivity index (χ0n) is 8.45. The fourth-order valence-corrected chi connectivity index (χ4v) is 1.52. The van der Waals surface area contributed by atoms with Crippen molar-refractivity contribution in [3.8, 4) is 11.1 Å². The molecule has 0 aliphatic rings. The first-order valence-corrected chi connectivity index (χ1v) is 4.86. The molecule has 0 atom stereocenters. The van der Waals surface area contributed by atoms with Gasteiger partial charge in [0.1, 0.15) is 11.6 Å². The smallest absolute Gasteiger partial charge is 0.128 e. The molecule has 0 aliphatic heterocycles. The van der Waals surface area contributed by atoms with Gasteiger partial charge in [0.2, 0.25) is 0 Å². The summed E-state index contributed by atoms with van der Waals surface area (Å²) in [5.41, 5.74) is 1.78. The monoisotopic (exact) mass is 220 g/mol. The van der Waals surface area contributed by atoms with Gasteiger partial charge in [0.25, 0.3) is 0 Å². The van der Waals surface area contributed by atoms with E-state index in [0.717, 1.165) is 11.1 Å². The molecule has 3 heteroatoms. The van der Waals surface area contributed by atoms with E-state index >= 15 is 0 Å². The maximum Gasteiger partial charge on any atom is 0.128 e. The molecular weight excluding hydrogens is 210 g/mol. The standard InChI is InChI=1S/C13H10F2O/c14-12-4-1-9(2-5-12)10-3-6-13(15)11(7-10)8-16/h1-7,16H,8H2. The molecule has 0 bridgehead atoms. The molecule has 0 amide bonds. The molecule has 0 heterocycles. The molecule has 2 aromatic carbocycles. The van der Waals surface area contributed by atoms with Crippen molar-refractivity contribution in [2.45, 2.75) is 6.61 Å². The van der Waals surface area contributed by atoms with E-state index in [9.17, 15) is 8.78 Å². The number of aliphatic hydroxyl groups excluding tert-OH is 1. The highest BCUT2D eigenvalue weighted by Crippen LogP contribution is 2.22. The molecule has 0 radical (unpaired) electrons. The first-order chi connectivity index (χ1) is 7.70. The molecule has 0 saturated carbocycles. The molecule has 0 fully saturated rings. The third kappa shape index (κ3) is 2.09. The van der Waals surface area contributed by atoms with Gasteiger partial charge in [-0.05, 0) is 35.4 Å². The van der Waals surface area contributed by atoms with Crippen LogP contribution >= 0.6 is 0 Å². The molecule has 2 rings (SSSR count). The van der Waals surface area contributed by atoms with E-state index in [-0.39, 0.29) is 18.0 Å². The molecule has 0 aliphatic carbocycles. The molecule has 0 unspecified atom stereocenters. The highest BCUT2D eigenvalue weighted by Gasteiger charge is 2.04. The highest BCUT2D eigenvalue weighted by atomic mass is 19.1. The summed E-state index contributed by atoms with van der Waals surface area (Å²) in [5, 5.41) is 8.93. The Kier molecular flexibility index (Phi) is 2.97. The van der Waals surface area contributed by atoms with Gasteiger partial charge in [-0.2, -0.15) is 0 Å². The summed E-state index contributed by atoms with van der Waals surface area (Å²) in [6.45, 7) is -0.346. The van der Waals surface area contributed by atoms with Gasteiger partial charge in [0.05, 0.1) is 6.61 Å². The number of hydrogen-bond acceptors (Lipinski definition) is 1. The zero-order chi connectivity index (χ0) is 11.5. The first-order valence-electron chi connectivity index (χ1n) is 4.86. The number of benzene rings is 2. The van der Waals surface area contributed by atoms with Crippen molar-refractivity contribution in [3.63, 3.8) is 0 Å². The van der Waals surface area contributed by atoms with Crippen LogP contribution in [0.3, 0.4) is 0 Å². The second-order valence-electron chi connectivity index (χ2n) is 3.47. The van der Waals surface area contributed by atoms with Crippen LogP contribution < -0.4 is 0 Å². The Morgan fingerprint density at radius 1 is 0.875 bits per heavy atom. The van der Waals surface area contributed by atoms with Crippen LogP contribution in [0.15, 0.2) is 42.5 Å². The lowest BCUT2D eigenvalue weighted by molar-refractivity contribution is 0.276. The van der Waals surface area contributed by atoms with Crippen LogP contribution in [0.5, 0.6) is 0 Å². The van der Waals surface area contributed by atoms with Crippen LogP contribution in [0, 0.1) is 11.6 Å². The summed E-state index contributed by atoms with van der Waals surface area (Å²) < 4.78 is 25.8. The van der Waals surface area contributed by atoms with Crippen molar-refractivity contribution in [2.24, 2.45) is 0 Å². The van der Waals surface area contributed by atoms with Gasteiger partial charge in [-0.15, -0.1) is 0 Å². The summed E-state index contributed by atoms with van der Waals surface area (Å²) in [6.07, 6.45) is 0. The van der Waals surface area contributed by atoms with Crippen LogP contribution in [-0.4, -0.2) is 5.11 Å². The Labute approximate surface area is 92.0 Å². The summed E-state index contributed by atoms with van der Waals surface area (Å²) in [4.78, 5) is 0. The molecule has 1 N–H and O–H groups in total. The van der Waals surface area contributed by atoms with Gasteiger partial charge >= 0.3 is 0 Å². The van der Waals surface area contributed by atoms with Gasteiger partial charge < -0.3 is 5.11 Å². The molecule has 0 saturated heterocycles. The lowest BCUT2D eigenvalue weighted by Crippen LogP contribution is -1.90. The Morgan fingerprint density at radius 2 is 1.50 bits per heavy atom. The largest absolute Gasteiger partial charge is 0.392 e. The van der Waals surface area contributed by atoms with Crippen LogP contribution in [0.25, 0.3) is 11.1 Å². The van der Waals surface area contributed by atoms with Crippen molar-refractivity contribution < 1.29 is 13.9 Å². The first kappa shape index (κ1) is 10.8. The highest BCUT2D eigenvalue weighted by molar-refractivity contribution is 5.64. The number of halogens is 2. The van der Waals surface area contributed by atoms with Gasteiger partial charge in [-0.1, -0.05) is 18.2 Å². The minimum Gasteiger partial charge on any atom is -0.392 e. The van der Waals surface area contributed by atoms with Crippen molar-refractivity contribution in [2.75, 3.05) is 0 Å². The Balaban J connectivity index is 2.44. The van der Waals surface area contributed by atoms with E-state index in [1.165, 1.54) is 18.2 Å². The van der Waals surface area contributed by atoms with Gasteiger partial charge in [0.15, 0.2) is 0 Å². The second-order valence-corrected chi connectivity index (χ2v) is 3.47. The molecule has 1 nitrogen and oxygen atoms in total. The van der Waals surface area contributed by atoms with Crippen LogP contribution in [0.1, 0.15) is 5.56 Å². The lowest BCUT2D eigenvalue weighted by Gasteiger charge is -2.05. The summed E-state index contributed by atoms with van der Waals surface area (Å²) >= 11 is 0. The summed E-state index contributed by atoms with van der Waals surface area (Å²) in [7, 11) is 0. The average Bonchev–Trinajstić information content (AvgIpc) is 2.31. The third-order valence-corrected chi connectivity index (χ3v) is 2.39. The van der Waals surface area contributed by atoms with Gasteiger partial charge in [0, 0.05) is 5.56 Å². The summed E-state index contributed by atoms with van der Waals surface area (Å²) in [5.74, 6) is -0.749. The van der Waals surface area contributed by atoms with Crippen molar-refractivity contribution in [3.05, 3.63) is 59.7 Å². The molecule has 82 valence electrons. The topological polar surface area (TPSA) is 20.2 Å². The predicted octanol–water partition coefficient (Wildman–Crippen LogP) is 3.12. The normalized spacial score (nSPS) is 10.4. The minimum absolute atomic E-state index is 0.238. The van der Waals surface area contributed by atoms with E-state index in [0.29, 0.717) is 0 Å². The van der Waals surface area contributed by atoms with Crippen LogP contribution in [0.2, 0.25) is 0 Å². The van der Waals surface area contributed by atoms with Crippen LogP contribution in [-0.2, 0) is 6.61 Å². The average molecular weight is 220 g/mol. The zero-order valence-corrected chi connectivity index (χ0v) is 8.45. The molecule has 0 aromatic heterocycles. The number of rotatable bonds is 2. The number of aliphatic hydroxyl groups is 1. The van der Waals surface area contributed by atoms with Crippen molar-refractivity contribution in [1.29, 1.82) is 0 Å². The van der Waals surface area contributed by atoms with Crippen molar-refractivity contribution >= 4 is 0 Å². The van der Waals surface area contributed by atoms with E-state index in [4.69, 9.17) is 5.11 Å². The minimum atomic E-state index is -0.437. The fourth-order valence-electron chi connectivity index (χ4n) is 1.52. The molecule has 16 heavy (non-hydrogen) atoms. The van der Waals surface area contributed by atoms with Gasteiger partial charge in [-0.3, -0.25) is 0 Å². The predicted molar refractivity (Wildman–Crippen MR) is 57.7 cm³/mol. The molecule has 2 aromatic rings. The maximum atomic E-state index is 13.1.